The highest BCUT2D eigenvalue weighted by molar-refractivity contribution is 5.92. The smallest absolute Gasteiger partial charge is 0.336 e. The van der Waals surface area contributed by atoms with Crippen LogP contribution in [0.1, 0.15) is 20.3 Å². The van der Waals surface area contributed by atoms with Crippen LogP contribution in [0.25, 0.3) is 0 Å². The maximum atomic E-state index is 11.5. The van der Waals surface area contributed by atoms with Crippen molar-refractivity contribution in [1.82, 2.24) is 15.2 Å². The number of carbonyl (C=O) groups excluding carboxylic acids is 1. The SMILES string of the molecule is COc1n[nH]c(NC(=O)CC(C)(C)C(=O)O)n1. The van der Waals surface area contributed by atoms with E-state index in [0.29, 0.717) is 0 Å². The second kappa shape index (κ2) is 4.81. The number of aliphatic carboxylic acids is 1. The molecule has 0 radical (unpaired) electrons. The second-order valence-corrected chi connectivity index (χ2v) is 4.08. The largest absolute Gasteiger partial charge is 0.481 e. The molecule has 0 bridgehead atoms. The van der Waals surface area contributed by atoms with Crippen molar-refractivity contribution in [2.75, 3.05) is 12.4 Å². The first-order valence-electron chi connectivity index (χ1n) is 4.85. The van der Waals surface area contributed by atoms with E-state index in [1.54, 1.807) is 0 Å². The van der Waals surface area contributed by atoms with Gasteiger partial charge in [-0.3, -0.25) is 14.9 Å². The zero-order valence-corrected chi connectivity index (χ0v) is 9.77. The summed E-state index contributed by atoms with van der Waals surface area (Å²) in [4.78, 5) is 26.1. The van der Waals surface area contributed by atoms with E-state index in [9.17, 15) is 9.59 Å². The fourth-order valence-electron chi connectivity index (χ4n) is 1.05. The van der Waals surface area contributed by atoms with Gasteiger partial charge in [-0.2, -0.15) is 4.98 Å². The van der Waals surface area contributed by atoms with Gasteiger partial charge in [0.1, 0.15) is 0 Å². The van der Waals surface area contributed by atoms with Crippen LogP contribution in [0, 0.1) is 5.41 Å². The molecule has 0 spiro atoms. The topological polar surface area (TPSA) is 117 Å². The van der Waals surface area contributed by atoms with Crippen LogP contribution in [0.5, 0.6) is 6.01 Å². The second-order valence-electron chi connectivity index (χ2n) is 4.08. The number of hydrogen-bond acceptors (Lipinski definition) is 5. The monoisotopic (exact) mass is 242 g/mol. The number of H-pyrrole nitrogens is 1. The van der Waals surface area contributed by atoms with Gasteiger partial charge in [0.25, 0.3) is 0 Å². The Balaban J connectivity index is 2.58. The number of nitrogens with one attached hydrogen (secondary N) is 2. The molecule has 1 heterocycles. The number of methoxy groups -OCH3 is 1. The van der Waals surface area contributed by atoms with Crippen LogP contribution in [0.2, 0.25) is 0 Å². The summed E-state index contributed by atoms with van der Waals surface area (Å²) in [6.07, 6.45) is -0.161. The zero-order chi connectivity index (χ0) is 13.1. The van der Waals surface area contributed by atoms with Crippen LogP contribution in [0.4, 0.5) is 5.95 Å². The minimum atomic E-state index is -1.13. The van der Waals surface area contributed by atoms with E-state index in [2.05, 4.69) is 20.5 Å². The number of aromatic amines is 1. The van der Waals surface area contributed by atoms with E-state index in [1.165, 1.54) is 21.0 Å². The number of ether oxygens (including phenoxy) is 1. The van der Waals surface area contributed by atoms with Crippen molar-refractivity contribution in [3.05, 3.63) is 0 Å². The van der Waals surface area contributed by atoms with Crippen LogP contribution < -0.4 is 10.1 Å². The van der Waals surface area contributed by atoms with E-state index in [4.69, 9.17) is 9.84 Å². The summed E-state index contributed by atoms with van der Waals surface area (Å²) < 4.78 is 4.72. The van der Waals surface area contributed by atoms with Crippen molar-refractivity contribution in [1.29, 1.82) is 0 Å². The molecule has 94 valence electrons. The highest BCUT2D eigenvalue weighted by atomic mass is 16.5. The van der Waals surface area contributed by atoms with Crippen LogP contribution in [0.3, 0.4) is 0 Å². The van der Waals surface area contributed by atoms with E-state index < -0.39 is 17.3 Å². The summed E-state index contributed by atoms with van der Waals surface area (Å²) in [5, 5.41) is 17.3. The summed E-state index contributed by atoms with van der Waals surface area (Å²) in [6, 6.07) is 0.0952. The molecule has 1 amide bonds. The number of carboxylic acids is 1. The lowest BCUT2D eigenvalue weighted by Crippen LogP contribution is -2.29. The highest BCUT2D eigenvalue weighted by Gasteiger charge is 2.30. The molecule has 0 fully saturated rings. The Morgan fingerprint density at radius 2 is 2.18 bits per heavy atom. The van der Waals surface area contributed by atoms with E-state index >= 15 is 0 Å². The zero-order valence-electron chi connectivity index (χ0n) is 9.77. The fourth-order valence-corrected chi connectivity index (χ4v) is 1.05. The number of anilines is 1. The quantitative estimate of drug-likeness (QED) is 0.681. The molecular formula is C9H14N4O4. The molecule has 0 atom stereocenters. The van der Waals surface area contributed by atoms with E-state index in [0.717, 1.165) is 0 Å². The van der Waals surface area contributed by atoms with Crippen molar-refractivity contribution >= 4 is 17.8 Å². The summed E-state index contributed by atoms with van der Waals surface area (Å²) in [5.41, 5.74) is -1.13. The Bertz CT molecular complexity index is 426. The Morgan fingerprint density at radius 3 is 2.65 bits per heavy atom. The van der Waals surface area contributed by atoms with E-state index in [1.807, 2.05) is 0 Å². The van der Waals surface area contributed by atoms with Gasteiger partial charge in [0, 0.05) is 6.42 Å². The van der Waals surface area contributed by atoms with Crippen LogP contribution in [-0.4, -0.2) is 39.3 Å². The van der Waals surface area contributed by atoms with Gasteiger partial charge in [0.05, 0.1) is 12.5 Å². The third-order valence-corrected chi connectivity index (χ3v) is 2.09. The molecule has 1 rings (SSSR count). The van der Waals surface area contributed by atoms with Gasteiger partial charge in [0.15, 0.2) is 0 Å². The van der Waals surface area contributed by atoms with Crippen LogP contribution >= 0.6 is 0 Å². The predicted octanol–water partition coefficient (Wildman–Crippen LogP) is 0.253. The van der Waals surface area contributed by atoms with Gasteiger partial charge >= 0.3 is 12.0 Å². The van der Waals surface area contributed by atoms with Crippen molar-refractivity contribution in [2.45, 2.75) is 20.3 Å². The molecule has 0 aliphatic rings. The maximum Gasteiger partial charge on any atom is 0.336 e. The molecule has 1 aromatic rings. The van der Waals surface area contributed by atoms with Gasteiger partial charge in [-0.05, 0) is 13.8 Å². The molecule has 0 aliphatic heterocycles. The highest BCUT2D eigenvalue weighted by Crippen LogP contribution is 2.20. The van der Waals surface area contributed by atoms with Gasteiger partial charge < -0.3 is 9.84 Å². The fraction of sp³-hybridized carbons (Fsp3) is 0.556. The average molecular weight is 242 g/mol. The number of rotatable bonds is 5. The molecule has 3 N–H and O–H groups in total. The number of hydrogen-bond donors (Lipinski definition) is 3. The summed E-state index contributed by atoms with van der Waals surface area (Å²) in [5.74, 6) is -1.38. The van der Waals surface area contributed by atoms with Gasteiger partial charge in [0.2, 0.25) is 11.9 Å². The number of amides is 1. The molecule has 17 heavy (non-hydrogen) atoms. The number of carboxylic acid groups (broad SMARTS) is 1. The molecule has 0 unspecified atom stereocenters. The molecular weight excluding hydrogens is 228 g/mol. The number of carbonyl (C=O) groups is 2. The molecule has 0 aliphatic carbocycles. The average Bonchev–Trinajstić information content (AvgIpc) is 2.64. The lowest BCUT2D eigenvalue weighted by molar-refractivity contribution is -0.148. The Morgan fingerprint density at radius 1 is 1.53 bits per heavy atom. The van der Waals surface area contributed by atoms with Crippen LogP contribution in [-0.2, 0) is 9.59 Å². The number of nitrogens with zero attached hydrogens (tertiary/aromatic N) is 2. The normalized spacial score (nSPS) is 11.0. The van der Waals surface area contributed by atoms with Crippen molar-refractivity contribution in [3.63, 3.8) is 0 Å². The Hall–Kier alpha value is -2.12. The molecule has 8 heteroatoms. The first-order chi connectivity index (χ1) is 7.85. The number of aromatic nitrogens is 3. The van der Waals surface area contributed by atoms with Crippen molar-refractivity contribution in [2.24, 2.45) is 5.41 Å². The van der Waals surface area contributed by atoms with Crippen LogP contribution in [0.15, 0.2) is 0 Å². The molecule has 8 nitrogen and oxygen atoms in total. The third kappa shape index (κ3) is 3.44. The van der Waals surface area contributed by atoms with Gasteiger partial charge in [-0.1, -0.05) is 0 Å². The first-order valence-corrected chi connectivity index (χ1v) is 4.85. The van der Waals surface area contributed by atoms with Crippen molar-refractivity contribution < 1.29 is 19.4 Å². The minimum absolute atomic E-state index is 0.0952. The molecule has 0 saturated heterocycles. The lowest BCUT2D eigenvalue weighted by atomic mass is 9.89. The van der Waals surface area contributed by atoms with Crippen molar-refractivity contribution in [3.8, 4) is 6.01 Å². The Kier molecular flexibility index (Phi) is 3.66. The summed E-state index contributed by atoms with van der Waals surface area (Å²) in [6.45, 7) is 2.94. The Labute approximate surface area is 97.4 Å². The molecule has 0 saturated carbocycles. The summed E-state index contributed by atoms with van der Waals surface area (Å²) in [7, 11) is 1.39. The molecule has 1 aromatic heterocycles. The third-order valence-electron chi connectivity index (χ3n) is 2.09. The maximum absolute atomic E-state index is 11.5. The summed E-state index contributed by atoms with van der Waals surface area (Å²) >= 11 is 0. The standard InChI is InChI=1S/C9H14N4O4/c1-9(2,6(15)16)4-5(14)10-7-11-8(17-3)13-12-7/h4H2,1-3H3,(H,15,16)(H2,10,11,12,13,14). The molecule has 0 aromatic carbocycles. The predicted molar refractivity (Wildman–Crippen MR) is 57.6 cm³/mol. The van der Waals surface area contributed by atoms with Gasteiger partial charge in [-0.15, -0.1) is 5.10 Å². The van der Waals surface area contributed by atoms with E-state index in [-0.39, 0.29) is 18.4 Å². The lowest BCUT2D eigenvalue weighted by Gasteiger charge is -2.17. The minimum Gasteiger partial charge on any atom is -0.481 e. The van der Waals surface area contributed by atoms with Gasteiger partial charge in [-0.25, -0.2) is 5.10 Å². The first kappa shape index (κ1) is 12.9.